The fourth-order valence-electron chi connectivity index (χ4n) is 8.23. The Morgan fingerprint density at radius 2 is 1.98 bits per heavy atom. The second kappa shape index (κ2) is 14.9. The van der Waals surface area contributed by atoms with Crippen molar-refractivity contribution < 1.29 is 54.1 Å². The van der Waals surface area contributed by atoms with E-state index < -0.39 is 66.2 Å². The van der Waals surface area contributed by atoms with Crippen LogP contribution < -0.4 is 10.6 Å². The number of rotatable bonds is 13. The number of methoxy groups -OCH3 is 1. The van der Waals surface area contributed by atoms with Gasteiger partial charge in [-0.05, 0) is 56.1 Å². The molecule has 9 unspecified atom stereocenters. The van der Waals surface area contributed by atoms with E-state index in [1.807, 2.05) is 6.07 Å². The first-order chi connectivity index (χ1) is 23.0. The van der Waals surface area contributed by atoms with Crippen molar-refractivity contribution >= 4 is 23.8 Å². The standard InChI is InChI=1S/C36H51NO11/c1-5-23-25(17-30(40)41)24(32(42)45-4)13-14-27(23)46-34-35(44,6-2)33(43)36(29(19-39)47-34)18-22-16-26(20(3)21-10-7-8-11-21)37-31(22)28(48-36)12-9-15-38/h5,13,16,18,20-21,23,25,27,29,33-34,37-39,43-44H,1,6-12,14-15,17,19H2,2-4H3,(H,40,41). The van der Waals surface area contributed by atoms with Crippen LogP contribution in [0.2, 0.25) is 0 Å². The predicted molar refractivity (Wildman–Crippen MR) is 174 cm³/mol. The quantitative estimate of drug-likeness (QED) is 0.132. The molecule has 0 aromatic carbocycles. The molecule has 1 saturated carbocycles. The highest BCUT2D eigenvalue weighted by Crippen LogP contribution is 2.46. The molecule has 6 N–H and O–H groups in total. The lowest BCUT2D eigenvalue weighted by molar-refractivity contribution is -0.365. The summed E-state index contributed by atoms with van der Waals surface area (Å²) in [4.78, 5) is 27.9. The molecule has 9 atom stereocenters. The minimum absolute atomic E-state index is 0.0286. The number of H-pyrrole nitrogens is 1. The maximum atomic E-state index is 12.5. The van der Waals surface area contributed by atoms with E-state index in [2.05, 4.69) is 18.5 Å². The van der Waals surface area contributed by atoms with Crippen LogP contribution in [0.15, 0.2) is 30.4 Å². The molecule has 0 amide bonds. The van der Waals surface area contributed by atoms with E-state index in [0.29, 0.717) is 24.5 Å². The first kappa shape index (κ1) is 36.3. The SMILES string of the molecule is C=CC1C(OC2OC(CO)C3(C=c4cc(C(C)C5CCCC5)[nH]c4=C(CCCO)O3)C(O)C2(O)CC)CC=C(C(=O)OC)C1CC(=O)O. The Hall–Kier alpha value is -3.00. The van der Waals surface area contributed by atoms with Gasteiger partial charge in [0.2, 0.25) is 0 Å². The fourth-order valence-corrected chi connectivity index (χ4v) is 8.23. The van der Waals surface area contributed by atoms with E-state index in [9.17, 15) is 35.1 Å². The van der Waals surface area contributed by atoms with Crippen molar-refractivity contribution in [1.29, 1.82) is 0 Å². The smallest absolute Gasteiger partial charge is 0.333 e. The lowest BCUT2D eigenvalue weighted by Crippen LogP contribution is -2.74. The Morgan fingerprint density at radius 3 is 2.58 bits per heavy atom. The molecular formula is C36H51NO11. The zero-order valence-corrected chi connectivity index (χ0v) is 28.1. The largest absolute Gasteiger partial charge is 0.481 e. The van der Waals surface area contributed by atoms with Gasteiger partial charge in [-0.1, -0.05) is 38.8 Å². The van der Waals surface area contributed by atoms with Crippen molar-refractivity contribution in [1.82, 2.24) is 4.98 Å². The molecular weight excluding hydrogens is 622 g/mol. The van der Waals surface area contributed by atoms with E-state index in [4.69, 9.17) is 18.9 Å². The molecule has 5 rings (SSSR count). The van der Waals surface area contributed by atoms with Crippen LogP contribution in [0.25, 0.3) is 11.8 Å². The number of carbonyl (C=O) groups excluding carboxylic acids is 1. The van der Waals surface area contributed by atoms with E-state index in [0.717, 1.165) is 29.1 Å². The third-order valence-corrected chi connectivity index (χ3v) is 11.1. The van der Waals surface area contributed by atoms with Crippen LogP contribution in [0, 0.1) is 17.8 Å². The molecule has 12 nitrogen and oxygen atoms in total. The zero-order valence-electron chi connectivity index (χ0n) is 28.1. The molecule has 2 aliphatic heterocycles. The van der Waals surface area contributed by atoms with E-state index in [-0.39, 0.29) is 37.4 Å². The summed E-state index contributed by atoms with van der Waals surface area (Å²) in [5.74, 6) is -1.97. The second-order valence-corrected chi connectivity index (χ2v) is 13.7. The maximum Gasteiger partial charge on any atom is 0.333 e. The normalized spacial score (nSPS) is 34.1. The average molecular weight is 674 g/mol. The summed E-state index contributed by atoms with van der Waals surface area (Å²) < 4.78 is 24.2. The third kappa shape index (κ3) is 6.50. The number of ether oxygens (including phenoxy) is 4. The summed E-state index contributed by atoms with van der Waals surface area (Å²) >= 11 is 0. The monoisotopic (exact) mass is 673 g/mol. The second-order valence-electron chi connectivity index (χ2n) is 13.7. The van der Waals surface area contributed by atoms with Gasteiger partial charge in [0.1, 0.15) is 23.6 Å². The average Bonchev–Trinajstić information content (AvgIpc) is 3.78. The summed E-state index contributed by atoms with van der Waals surface area (Å²) in [7, 11) is 1.22. The molecule has 1 aromatic heterocycles. The van der Waals surface area contributed by atoms with Gasteiger partial charge < -0.3 is 49.5 Å². The number of carboxylic acid groups (broad SMARTS) is 1. The molecule has 2 aliphatic carbocycles. The van der Waals surface area contributed by atoms with Crippen molar-refractivity contribution in [2.75, 3.05) is 20.3 Å². The summed E-state index contributed by atoms with van der Waals surface area (Å²) in [5, 5.41) is 56.0. The Balaban J connectivity index is 1.51. The number of nitrogens with one attached hydrogen (secondary N) is 1. The van der Waals surface area contributed by atoms with E-state index in [1.165, 1.54) is 26.0 Å². The molecule has 0 radical (unpaired) electrons. The van der Waals surface area contributed by atoms with Crippen LogP contribution in [-0.2, 0) is 28.5 Å². The lowest BCUT2D eigenvalue weighted by Gasteiger charge is -2.55. The number of hydrogen-bond acceptors (Lipinski definition) is 10. The number of aromatic nitrogens is 1. The molecule has 48 heavy (non-hydrogen) atoms. The lowest BCUT2D eigenvalue weighted by atomic mass is 9.73. The van der Waals surface area contributed by atoms with Crippen molar-refractivity contribution in [2.45, 2.75) is 113 Å². The third-order valence-electron chi connectivity index (χ3n) is 11.1. The minimum atomic E-state index is -2.04. The van der Waals surface area contributed by atoms with E-state index in [1.54, 1.807) is 19.1 Å². The summed E-state index contributed by atoms with van der Waals surface area (Å²) in [6.07, 6.45) is 4.92. The number of aliphatic hydroxyl groups excluding tert-OH is 3. The maximum absolute atomic E-state index is 12.5. The predicted octanol–water partition coefficient (Wildman–Crippen LogP) is 1.74. The fraction of sp³-hybridized carbons (Fsp3) is 0.667. The Labute approximate surface area is 280 Å². The molecule has 0 bridgehead atoms. The van der Waals surface area contributed by atoms with Crippen LogP contribution in [0.1, 0.15) is 83.2 Å². The first-order valence-electron chi connectivity index (χ1n) is 17.2. The first-order valence-corrected chi connectivity index (χ1v) is 17.2. The van der Waals surface area contributed by atoms with Gasteiger partial charge in [0, 0.05) is 41.3 Å². The Kier molecular flexibility index (Phi) is 11.2. The molecule has 3 heterocycles. The Morgan fingerprint density at radius 1 is 1.25 bits per heavy atom. The number of aromatic amines is 1. The topological polar surface area (TPSA) is 188 Å². The molecule has 2 fully saturated rings. The van der Waals surface area contributed by atoms with Gasteiger partial charge in [0.05, 0.1) is 31.6 Å². The van der Waals surface area contributed by atoms with Gasteiger partial charge in [-0.25, -0.2) is 4.79 Å². The van der Waals surface area contributed by atoms with Gasteiger partial charge in [0.25, 0.3) is 0 Å². The van der Waals surface area contributed by atoms with Crippen molar-refractivity contribution in [3.63, 3.8) is 0 Å². The molecule has 1 saturated heterocycles. The summed E-state index contributed by atoms with van der Waals surface area (Å²) in [6, 6.07) is 2.04. The van der Waals surface area contributed by atoms with Crippen LogP contribution in [-0.4, -0.2) is 98.6 Å². The Bertz CT molecular complexity index is 1500. The van der Waals surface area contributed by atoms with E-state index >= 15 is 0 Å². The number of esters is 1. The zero-order chi connectivity index (χ0) is 34.8. The highest BCUT2D eigenvalue weighted by atomic mass is 16.7. The van der Waals surface area contributed by atoms with Crippen molar-refractivity contribution in [2.24, 2.45) is 17.8 Å². The molecule has 1 spiro atoms. The highest BCUT2D eigenvalue weighted by Gasteiger charge is 2.64. The number of aliphatic carboxylic acids is 1. The number of hydrogen-bond donors (Lipinski definition) is 6. The van der Waals surface area contributed by atoms with Gasteiger partial charge in [-0.15, -0.1) is 6.58 Å². The van der Waals surface area contributed by atoms with Crippen molar-refractivity contribution in [3.8, 4) is 0 Å². The van der Waals surface area contributed by atoms with Crippen LogP contribution >= 0.6 is 0 Å². The highest BCUT2D eigenvalue weighted by molar-refractivity contribution is 5.90. The van der Waals surface area contributed by atoms with Gasteiger partial charge in [0.15, 0.2) is 11.9 Å². The summed E-state index contributed by atoms with van der Waals surface area (Å²) in [5.41, 5.74) is -2.51. The number of aliphatic hydroxyl groups is 4. The van der Waals surface area contributed by atoms with Crippen LogP contribution in [0.5, 0.6) is 0 Å². The summed E-state index contributed by atoms with van der Waals surface area (Å²) in [6.45, 7) is 7.09. The van der Waals surface area contributed by atoms with Crippen molar-refractivity contribution in [3.05, 3.63) is 46.6 Å². The molecule has 12 heteroatoms. The number of fused-ring (bicyclic) bond motifs is 1. The molecule has 1 aromatic rings. The van der Waals surface area contributed by atoms with Gasteiger partial charge in [-0.3, -0.25) is 4.79 Å². The van der Waals surface area contributed by atoms with Crippen LogP contribution in [0.3, 0.4) is 0 Å². The minimum Gasteiger partial charge on any atom is -0.481 e. The molecule has 266 valence electrons. The van der Waals surface area contributed by atoms with Gasteiger partial charge in [-0.2, -0.15) is 0 Å². The molecule has 4 aliphatic rings. The van der Waals surface area contributed by atoms with Gasteiger partial charge >= 0.3 is 11.9 Å². The number of carboxylic acids is 1. The van der Waals surface area contributed by atoms with Crippen LogP contribution in [0.4, 0.5) is 0 Å². The number of carbonyl (C=O) groups is 2.